The summed E-state index contributed by atoms with van der Waals surface area (Å²) in [5, 5.41) is 3.61. The van der Waals surface area contributed by atoms with Gasteiger partial charge in [-0.15, -0.1) is 0 Å². The van der Waals surface area contributed by atoms with Gasteiger partial charge >= 0.3 is 11.8 Å². The van der Waals surface area contributed by atoms with E-state index in [1.807, 2.05) is 27.7 Å². The summed E-state index contributed by atoms with van der Waals surface area (Å²) in [7, 11) is -2.17. The molecule has 11 heteroatoms. The fraction of sp³-hybridized carbons (Fsp3) is 0.444. The molecule has 0 unspecified atom stereocenters. The van der Waals surface area contributed by atoms with Crippen molar-refractivity contribution in [3.8, 4) is 0 Å². The van der Waals surface area contributed by atoms with Gasteiger partial charge in [0.1, 0.15) is 5.60 Å². The van der Waals surface area contributed by atoms with Crippen LogP contribution in [0.1, 0.15) is 59.4 Å². The number of hydrogen-bond donors (Lipinski definition) is 1. The predicted molar refractivity (Wildman–Crippen MR) is 145 cm³/mol. The molecule has 202 valence electrons. The molecule has 38 heavy (non-hydrogen) atoms. The molecule has 0 radical (unpaired) electrons. The normalized spacial score (nSPS) is 20.6. The van der Waals surface area contributed by atoms with E-state index in [0.717, 1.165) is 0 Å². The zero-order chi connectivity index (χ0) is 27.5. The van der Waals surface area contributed by atoms with Crippen LogP contribution in [0, 0.1) is 0 Å². The number of benzene rings is 1. The van der Waals surface area contributed by atoms with Gasteiger partial charge < -0.3 is 10.1 Å². The van der Waals surface area contributed by atoms with Crippen LogP contribution >= 0.6 is 0 Å². The van der Waals surface area contributed by atoms with Gasteiger partial charge in [0.15, 0.2) is 5.65 Å². The molecule has 4 aromatic rings. The summed E-state index contributed by atoms with van der Waals surface area (Å²) in [4.78, 5) is 30.5. The Morgan fingerprint density at radius 3 is 2.42 bits per heavy atom. The van der Waals surface area contributed by atoms with E-state index < -0.39 is 27.3 Å². The van der Waals surface area contributed by atoms with Gasteiger partial charge in [-0.05, 0) is 71.6 Å². The highest BCUT2D eigenvalue weighted by atomic mass is 32.2. The number of ether oxygens (including phenoxy) is 1. The van der Waals surface area contributed by atoms with Crippen molar-refractivity contribution in [2.24, 2.45) is 7.05 Å². The minimum atomic E-state index is -3.86. The van der Waals surface area contributed by atoms with Gasteiger partial charge in [-0.1, -0.05) is 18.2 Å². The van der Waals surface area contributed by atoms with E-state index in [9.17, 15) is 18.0 Å². The average molecular weight is 540 g/mol. The maximum Gasteiger partial charge on any atom is 0.408 e. The molecule has 1 saturated carbocycles. The van der Waals surface area contributed by atoms with Gasteiger partial charge in [-0.3, -0.25) is 9.13 Å². The minimum Gasteiger partial charge on any atom is -0.444 e. The Hall–Kier alpha value is -3.60. The monoisotopic (exact) mass is 539 g/mol. The third-order valence-corrected chi connectivity index (χ3v) is 8.94. The van der Waals surface area contributed by atoms with Crippen molar-refractivity contribution in [1.82, 2.24) is 23.4 Å². The minimum absolute atomic E-state index is 0.112. The second-order valence-corrected chi connectivity index (χ2v) is 13.1. The Kier molecular flexibility index (Phi) is 6.17. The lowest BCUT2D eigenvalue weighted by atomic mass is 9.80. The highest BCUT2D eigenvalue weighted by Gasteiger charge is 2.36. The lowest BCUT2D eigenvalue weighted by Gasteiger charge is -2.38. The molecular weight excluding hydrogens is 506 g/mol. The first-order valence-corrected chi connectivity index (χ1v) is 14.1. The Bertz CT molecular complexity index is 1680. The number of carbonyl (C=O) groups excluding carboxylic acids is 1. The number of rotatable bonds is 4. The lowest BCUT2D eigenvalue weighted by molar-refractivity contribution is 0.0427. The molecule has 1 aliphatic rings. The standard InChI is InChI=1S/C27H33N5O5S/c1-26(2,3)37-24(33)29-27(4)14-11-18(12-15-27)32-22-20-13-16-31(38(35,36)19-9-7-6-8-10-19)23(20)28-17-21(22)30(5)25(32)34/h6-10,13,16-18H,11-12,14-15H2,1-5H3,(H,29,33). The van der Waals surface area contributed by atoms with Gasteiger partial charge in [-0.2, -0.15) is 0 Å². The van der Waals surface area contributed by atoms with Gasteiger partial charge in [0.2, 0.25) is 0 Å². The molecule has 3 aromatic heterocycles. The number of pyridine rings is 1. The number of aryl methyl sites for hydroxylation is 1. The Labute approximate surface area is 221 Å². The maximum atomic E-state index is 13.4. The van der Waals surface area contributed by atoms with Crippen LogP contribution in [0.4, 0.5) is 4.79 Å². The fourth-order valence-electron chi connectivity index (χ4n) is 5.31. The molecular formula is C27H33N5O5S. The van der Waals surface area contributed by atoms with Crippen LogP contribution in [0.25, 0.3) is 22.1 Å². The van der Waals surface area contributed by atoms with Crippen molar-refractivity contribution in [2.75, 3.05) is 0 Å². The molecule has 1 aliphatic carbocycles. The van der Waals surface area contributed by atoms with Crippen LogP contribution in [0.5, 0.6) is 0 Å². The number of amides is 1. The highest BCUT2D eigenvalue weighted by molar-refractivity contribution is 7.90. The Morgan fingerprint density at radius 2 is 1.79 bits per heavy atom. The van der Waals surface area contributed by atoms with Crippen LogP contribution in [-0.4, -0.2) is 43.7 Å². The largest absolute Gasteiger partial charge is 0.444 e. The van der Waals surface area contributed by atoms with Crippen LogP contribution < -0.4 is 11.0 Å². The van der Waals surface area contributed by atoms with Crippen molar-refractivity contribution in [3.63, 3.8) is 0 Å². The van der Waals surface area contributed by atoms with Gasteiger partial charge in [0.25, 0.3) is 10.0 Å². The van der Waals surface area contributed by atoms with Crippen molar-refractivity contribution >= 4 is 38.2 Å². The summed E-state index contributed by atoms with van der Waals surface area (Å²) in [6.45, 7) is 7.47. The maximum absolute atomic E-state index is 13.4. The topological polar surface area (TPSA) is 117 Å². The van der Waals surface area contributed by atoms with Gasteiger partial charge in [0.05, 0.1) is 22.1 Å². The molecule has 0 spiro atoms. The summed E-state index contributed by atoms with van der Waals surface area (Å²) in [5.74, 6) is 0. The summed E-state index contributed by atoms with van der Waals surface area (Å²) < 4.78 is 36.6. The molecule has 0 aliphatic heterocycles. The third kappa shape index (κ3) is 4.48. The van der Waals surface area contributed by atoms with E-state index in [1.165, 1.54) is 10.2 Å². The number of nitrogens with one attached hydrogen (secondary N) is 1. The Morgan fingerprint density at radius 1 is 1.13 bits per heavy atom. The quantitative estimate of drug-likeness (QED) is 0.413. The smallest absolute Gasteiger partial charge is 0.408 e. The lowest BCUT2D eigenvalue weighted by Crippen LogP contribution is -2.50. The molecule has 1 amide bonds. The zero-order valence-corrected chi connectivity index (χ0v) is 23.1. The van der Waals surface area contributed by atoms with Crippen LogP contribution in [0.3, 0.4) is 0 Å². The molecule has 3 heterocycles. The number of alkyl carbamates (subject to hydrolysis) is 1. The number of nitrogens with zero attached hydrogens (tertiary/aromatic N) is 4. The number of carbonyl (C=O) groups is 1. The van der Waals surface area contributed by atoms with Crippen molar-refractivity contribution < 1.29 is 17.9 Å². The molecule has 0 saturated heterocycles. The number of hydrogen-bond acceptors (Lipinski definition) is 6. The van der Waals surface area contributed by atoms with E-state index in [4.69, 9.17) is 4.74 Å². The van der Waals surface area contributed by atoms with E-state index >= 15 is 0 Å². The number of aromatic nitrogens is 4. The number of imidazole rings is 1. The number of fused-ring (bicyclic) bond motifs is 3. The molecule has 1 aromatic carbocycles. The summed E-state index contributed by atoms with van der Waals surface area (Å²) >= 11 is 0. The van der Waals surface area contributed by atoms with E-state index in [2.05, 4.69) is 10.3 Å². The summed E-state index contributed by atoms with van der Waals surface area (Å²) in [6.07, 6.45) is 5.26. The van der Waals surface area contributed by atoms with Crippen LogP contribution in [-0.2, 0) is 21.8 Å². The Balaban J connectivity index is 1.51. The van der Waals surface area contributed by atoms with Crippen LogP contribution in [0.2, 0.25) is 0 Å². The van der Waals surface area contributed by atoms with Crippen molar-refractivity contribution in [1.29, 1.82) is 0 Å². The SMILES string of the molecule is Cn1c(=O)n(C2CCC(C)(NC(=O)OC(C)(C)C)CC2)c2c3ccn(S(=O)(=O)c4ccccc4)c3ncc21. The van der Waals surface area contributed by atoms with E-state index in [-0.39, 0.29) is 22.3 Å². The molecule has 10 nitrogen and oxygen atoms in total. The second-order valence-electron chi connectivity index (χ2n) is 11.3. The van der Waals surface area contributed by atoms with Gasteiger partial charge in [-0.25, -0.2) is 27.0 Å². The average Bonchev–Trinajstić information content (AvgIpc) is 3.39. The van der Waals surface area contributed by atoms with E-state index in [1.54, 1.807) is 58.8 Å². The first-order valence-electron chi connectivity index (χ1n) is 12.7. The van der Waals surface area contributed by atoms with Crippen molar-refractivity contribution in [2.45, 2.75) is 75.5 Å². The predicted octanol–water partition coefficient (Wildman–Crippen LogP) is 4.33. The molecule has 0 bridgehead atoms. The van der Waals surface area contributed by atoms with Gasteiger partial charge in [0, 0.05) is 30.2 Å². The fourth-order valence-corrected chi connectivity index (χ4v) is 6.63. The molecule has 1 N–H and O–H groups in total. The third-order valence-electron chi connectivity index (χ3n) is 7.25. The van der Waals surface area contributed by atoms with Crippen molar-refractivity contribution in [3.05, 3.63) is 59.3 Å². The molecule has 1 fully saturated rings. The van der Waals surface area contributed by atoms with E-state index in [0.29, 0.717) is 42.1 Å². The van der Waals surface area contributed by atoms with Crippen LogP contribution in [0.15, 0.2) is 58.5 Å². The first kappa shape index (κ1) is 26.0. The summed E-state index contributed by atoms with van der Waals surface area (Å²) in [6, 6.07) is 9.79. The molecule has 0 atom stereocenters. The summed E-state index contributed by atoms with van der Waals surface area (Å²) in [5.41, 5.74) is 0.361. The molecule has 5 rings (SSSR count). The zero-order valence-electron chi connectivity index (χ0n) is 22.3. The second kappa shape index (κ2) is 9.00. The highest BCUT2D eigenvalue weighted by Crippen LogP contribution is 2.37. The first-order chi connectivity index (χ1) is 17.8.